The van der Waals surface area contributed by atoms with Crippen LogP contribution in [-0.4, -0.2) is 32.8 Å². The van der Waals surface area contributed by atoms with Crippen LogP contribution in [0.2, 0.25) is 0 Å². The smallest absolute Gasteiger partial charge is 0.248 e. The second-order valence-electron chi connectivity index (χ2n) is 6.11. The molecule has 0 radical (unpaired) electrons. The van der Waals surface area contributed by atoms with Crippen LogP contribution in [-0.2, 0) is 4.79 Å². The first-order valence-electron chi connectivity index (χ1n) is 9.80. The Labute approximate surface area is 172 Å². The normalized spacial score (nSPS) is 10.6. The lowest BCUT2D eigenvalue weighted by Crippen LogP contribution is -2.08. The number of hydrogen-bond donors (Lipinski definition) is 1. The summed E-state index contributed by atoms with van der Waals surface area (Å²) < 4.78 is 22.1. The van der Waals surface area contributed by atoms with Gasteiger partial charge < -0.3 is 24.3 Å². The standard InChI is InChI=1S/C23H29NO5/c1-5-14-29-19-11-8-17(15-21(19)26-4)9-13-23(25)24-18-10-12-20(27-6-2)22(16-18)28-7-3/h8-13,15-16H,5-7,14H2,1-4H3,(H,24,25)/b13-9+. The average molecular weight is 399 g/mol. The maximum Gasteiger partial charge on any atom is 0.248 e. The highest BCUT2D eigenvalue weighted by molar-refractivity contribution is 6.02. The number of amides is 1. The van der Waals surface area contributed by atoms with Crippen LogP contribution in [0.25, 0.3) is 6.08 Å². The SMILES string of the molecule is CCCOc1ccc(/C=C/C(=O)Nc2ccc(OCC)c(OCC)c2)cc1OC. The van der Waals surface area contributed by atoms with Crippen molar-refractivity contribution in [3.63, 3.8) is 0 Å². The molecule has 156 valence electrons. The fraction of sp³-hybridized carbons (Fsp3) is 0.348. The molecule has 0 unspecified atom stereocenters. The molecule has 0 aromatic heterocycles. The molecule has 0 saturated carbocycles. The molecule has 2 aromatic rings. The minimum atomic E-state index is -0.248. The number of carbonyl (C=O) groups is 1. The van der Waals surface area contributed by atoms with E-state index >= 15 is 0 Å². The topological polar surface area (TPSA) is 66.0 Å². The number of rotatable bonds is 11. The van der Waals surface area contributed by atoms with E-state index in [0.717, 1.165) is 12.0 Å². The van der Waals surface area contributed by atoms with Gasteiger partial charge in [-0.3, -0.25) is 4.79 Å². The second-order valence-corrected chi connectivity index (χ2v) is 6.11. The van der Waals surface area contributed by atoms with Crippen LogP contribution in [0.5, 0.6) is 23.0 Å². The van der Waals surface area contributed by atoms with Crippen LogP contribution in [0.4, 0.5) is 5.69 Å². The van der Waals surface area contributed by atoms with Crippen molar-refractivity contribution in [2.75, 3.05) is 32.2 Å². The van der Waals surface area contributed by atoms with E-state index in [0.29, 0.717) is 48.5 Å². The van der Waals surface area contributed by atoms with Crippen molar-refractivity contribution in [1.29, 1.82) is 0 Å². The van der Waals surface area contributed by atoms with Crippen LogP contribution in [0.1, 0.15) is 32.8 Å². The van der Waals surface area contributed by atoms with Crippen LogP contribution < -0.4 is 24.3 Å². The van der Waals surface area contributed by atoms with Crippen molar-refractivity contribution >= 4 is 17.7 Å². The van der Waals surface area contributed by atoms with Crippen molar-refractivity contribution in [1.82, 2.24) is 0 Å². The molecule has 0 fully saturated rings. The van der Waals surface area contributed by atoms with Gasteiger partial charge in [-0.1, -0.05) is 13.0 Å². The molecule has 1 N–H and O–H groups in total. The first-order chi connectivity index (χ1) is 14.1. The summed E-state index contributed by atoms with van der Waals surface area (Å²) in [5.41, 5.74) is 1.47. The number of methoxy groups -OCH3 is 1. The van der Waals surface area contributed by atoms with E-state index < -0.39 is 0 Å². The minimum Gasteiger partial charge on any atom is -0.493 e. The molecular formula is C23H29NO5. The van der Waals surface area contributed by atoms with Gasteiger partial charge >= 0.3 is 0 Å². The molecule has 6 heteroatoms. The Morgan fingerprint density at radius 3 is 2.28 bits per heavy atom. The zero-order chi connectivity index (χ0) is 21.1. The van der Waals surface area contributed by atoms with E-state index in [1.807, 2.05) is 39.0 Å². The predicted molar refractivity (Wildman–Crippen MR) is 115 cm³/mol. The van der Waals surface area contributed by atoms with Gasteiger partial charge in [0.15, 0.2) is 23.0 Å². The van der Waals surface area contributed by atoms with Gasteiger partial charge in [-0.15, -0.1) is 0 Å². The molecule has 6 nitrogen and oxygen atoms in total. The Morgan fingerprint density at radius 1 is 0.897 bits per heavy atom. The summed E-state index contributed by atoms with van der Waals surface area (Å²) in [7, 11) is 1.59. The Balaban J connectivity index is 2.06. The molecule has 0 aliphatic heterocycles. The van der Waals surface area contributed by atoms with Crippen molar-refractivity contribution in [3.05, 3.63) is 48.0 Å². The van der Waals surface area contributed by atoms with Gasteiger partial charge in [-0.2, -0.15) is 0 Å². The third-order valence-corrected chi connectivity index (χ3v) is 3.89. The first kappa shape index (κ1) is 22.1. The minimum absolute atomic E-state index is 0.248. The summed E-state index contributed by atoms with van der Waals surface area (Å²) in [6, 6.07) is 10.9. The Morgan fingerprint density at radius 2 is 1.59 bits per heavy atom. The van der Waals surface area contributed by atoms with E-state index in [4.69, 9.17) is 18.9 Å². The molecule has 0 aliphatic carbocycles. The zero-order valence-corrected chi connectivity index (χ0v) is 17.5. The quantitative estimate of drug-likeness (QED) is 0.543. The predicted octanol–water partition coefficient (Wildman–Crippen LogP) is 4.93. The highest BCUT2D eigenvalue weighted by Gasteiger charge is 2.08. The van der Waals surface area contributed by atoms with E-state index in [1.165, 1.54) is 6.08 Å². The summed E-state index contributed by atoms with van der Waals surface area (Å²) in [6.07, 6.45) is 4.11. The molecule has 0 spiro atoms. The van der Waals surface area contributed by atoms with Crippen molar-refractivity contribution in [2.45, 2.75) is 27.2 Å². The fourth-order valence-corrected chi connectivity index (χ4v) is 2.60. The summed E-state index contributed by atoms with van der Waals surface area (Å²) in [5, 5.41) is 2.83. The number of ether oxygens (including phenoxy) is 4. The van der Waals surface area contributed by atoms with Crippen molar-refractivity contribution in [2.24, 2.45) is 0 Å². The summed E-state index contributed by atoms with van der Waals surface area (Å²) in [6.45, 7) is 7.53. The van der Waals surface area contributed by atoms with Gasteiger partial charge in [0.25, 0.3) is 0 Å². The fourth-order valence-electron chi connectivity index (χ4n) is 2.60. The number of hydrogen-bond acceptors (Lipinski definition) is 5. The number of carbonyl (C=O) groups excluding carboxylic acids is 1. The second kappa shape index (κ2) is 11.6. The van der Waals surface area contributed by atoms with Gasteiger partial charge in [0.1, 0.15) is 0 Å². The van der Waals surface area contributed by atoms with E-state index in [-0.39, 0.29) is 5.91 Å². The summed E-state index contributed by atoms with van der Waals surface area (Å²) >= 11 is 0. The van der Waals surface area contributed by atoms with E-state index in [2.05, 4.69) is 5.32 Å². The molecule has 0 aliphatic rings. The highest BCUT2D eigenvalue weighted by atomic mass is 16.5. The zero-order valence-electron chi connectivity index (χ0n) is 17.5. The number of nitrogens with one attached hydrogen (secondary N) is 1. The third kappa shape index (κ3) is 6.75. The number of benzene rings is 2. The molecule has 0 bridgehead atoms. The van der Waals surface area contributed by atoms with Crippen LogP contribution in [0.3, 0.4) is 0 Å². The molecule has 1 amide bonds. The molecule has 0 heterocycles. The molecule has 2 rings (SSSR count). The monoisotopic (exact) mass is 399 g/mol. The van der Waals surface area contributed by atoms with Crippen LogP contribution in [0.15, 0.2) is 42.5 Å². The van der Waals surface area contributed by atoms with Gasteiger partial charge in [0, 0.05) is 17.8 Å². The van der Waals surface area contributed by atoms with E-state index in [1.54, 1.807) is 31.4 Å². The van der Waals surface area contributed by atoms with Crippen LogP contribution >= 0.6 is 0 Å². The molecule has 2 aromatic carbocycles. The average Bonchev–Trinajstić information content (AvgIpc) is 2.73. The highest BCUT2D eigenvalue weighted by Crippen LogP contribution is 2.31. The van der Waals surface area contributed by atoms with E-state index in [9.17, 15) is 4.79 Å². The first-order valence-corrected chi connectivity index (χ1v) is 9.80. The Kier molecular flexibility index (Phi) is 8.89. The number of anilines is 1. The Bertz CT molecular complexity index is 832. The van der Waals surface area contributed by atoms with Gasteiger partial charge in [0.2, 0.25) is 5.91 Å². The maximum absolute atomic E-state index is 12.3. The lowest BCUT2D eigenvalue weighted by molar-refractivity contribution is -0.111. The third-order valence-electron chi connectivity index (χ3n) is 3.89. The van der Waals surface area contributed by atoms with Crippen LogP contribution in [0, 0.1) is 0 Å². The van der Waals surface area contributed by atoms with Crippen molar-refractivity contribution in [3.8, 4) is 23.0 Å². The lowest BCUT2D eigenvalue weighted by atomic mass is 10.2. The summed E-state index contributed by atoms with van der Waals surface area (Å²) in [4.78, 5) is 12.3. The lowest BCUT2D eigenvalue weighted by Gasteiger charge is -2.12. The van der Waals surface area contributed by atoms with Crippen molar-refractivity contribution < 1.29 is 23.7 Å². The Hall–Kier alpha value is -3.15. The molecule has 0 saturated heterocycles. The largest absolute Gasteiger partial charge is 0.493 e. The van der Waals surface area contributed by atoms with Gasteiger partial charge in [-0.05, 0) is 56.2 Å². The van der Waals surface area contributed by atoms with Gasteiger partial charge in [-0.25, -0.2) is 0 Å². The maximum atomic E-state index is 12.3. The molecule has 29 heavy (non-hydrogen) atoms. The van der Waals surface area contributed by atoms with Gasteiger partial charge in [0.05, 0.1) is 26.9 Å². The molecular weight excluding hydrogens is 370 g/mol. The molecule has 0 atom stereocenters. The summed E-state index contributed by atoms with van der Waals surface area (Å²) in [5.74, 6) is 2.33.